The van der Waals surface area contributed by atoms with Crippen molar-refractivity contribution >= 4 is 5.97 Å². The van der Waals surface area contributed by atoms with Crippen LogP contribution in [0.1, 0.15) is 44.6 Å². The minimum Gasteiger partial charge on any atom is -0.466 e. The zero-order valence-corrected chi connectivity index (χ0v) is 13.1. The largest absolute Gasteiger partial charge is 0.466 e. The summed E-state index contributed by atoms with van der Waals surface area (Å²) < 4.78 is 17.3. The zero-order chi connectivity index (χ0) is 15.6. The molecule has 0 radical (unpaired) electrons. The number of hydrogen-bond acceptors (Lipinski definition) is 4. The van der Waals surface area contributed by atoms with Crippen LogP contribution in [0.2, 0.25) is 0 Å². The third-order valence-corrected chi connectivity index (χ3v) is 4.55. The maximum Gasteiger partial charge on any atom is 0.333 e. The molecule has 3 rings (SSSR count). The van der Waals surface area contributed by atoms with Gasteiger partial charge < -0.3 is 14.2 Å². The van der Waals surface area contributed by atoms with E-state index in [0.29, 0.717) is 5.76 Å². The highest BCUT2D eigenvalue weighted by molar-refractivity contribution is 5.82. The van der Waals surface area contributed by atoms with Crippen LogP contribution in [-0.4, -0.2) is 18.7 Å². The summed E-state index contributed by atoms with van der Waals surface area (Å²) in [5.74, 6) is -0.662. The van der Waals surface area contributed by atoms with Crippen LogP contribution >= 0.6 is 0 Å². The number of ether oxygens (including phenoxy) is 3. The Kier molecular flexibility index (Phi) is 3.96. The van der Waals surface area contributed by atoms with Crippen LogP contribution in [-0.2, 0) is 24.8 Å². The van der Waals surface area contributed by atoms with Crippen LogP contribution in [0, 0.1) is 0 Å². The van der Waals surface area contributed by atoms with E-state index >= 15 is 0 Å². The Morgan fingerprint density at radius 2 is 1.86 bits per heavy atom. The Morgan fingerprint density at radius 3 is 2.50 bits per heavy atom. The molecule has 1 aliphatic carbocycles. The second-order valence-corrected chi connectivity index (χ2v) is 6.10. The normalized spacial score (nSPS) is 28.5. The molecule has 0 amide bonds. The minimum absolute atomic E-state index is 0.402. The smallest absolute Gasteiger partial charge is 0.333 e. The van der Waals surface area contributed by atoms with Crippen LogP contribution in [0.15, 0.2) is 42.2 Å². The molecule has 4 nitrogen and oxygen atoms in total. The van der Waals surface area contributed by atoms with Gasteiger partial charge in [-0.15, -0.1) is 0 Å². The molecule has 1 heterocycles. The van der Waals surface area contributed by atoms with Crippen molar-refractivity contribution in [3.05, 3.63) is 47.7 Å². The molecule has 2 aliphatic rings. The topological polar surface area (TPSA) is 44.8 Å². The first-order chi connectivity index (χ1) is 10.6. The van der Waals surface area contributed by atoms with Crippen molar-refractivity contribution in [2.45, 2.75) is 50.4 Å². The quantitative estimate of drug-likeness (QED) is 0.617. The van der Waals surface area contributed by atoms with Gasteiger partial charge in [-0.05, 0) is 12.8 Å². The molecule has 1 atom stereocenters. The van der Waals surface area contributed by atoms with Crippen molar-refractivity contribution in [3.63, 3.8) is 0 Å². The Hall–Kier alpha value is -1.81. The molecule has 1 aromatic carbocycles. The Labute approximate surface area is 131 Å². The average molecular weight is 302 g/mol. The first kappa shape index (κ1) is 15.1. The fourth-order valence-electron chi connectivity index (χ4n) is 3.40. The number of carbonyl (C=O) groups excluding carboxylic acids is 1. The second kappa shape index (κ2) is 5.76. The molecule has 1 aromatic rings. The Bertz CT molecular complexity index is 572. The maximum absolute atomic E-state index is 11.7. The number of benzene rings is 1. The summed E-state index contributed by atoms with van der Waals surface area (Å²) in [6.45, 7) is 1.91. The lowest BCUT2D eigenvalue weighted by Gasteiger charge is -2.32. The van der Waals surface area contributed by atoms with Gasteiger partial charge in [-0.1, -0.05) is 49.6 Å². The Morgan fingerprint density at radius 1 is 1.18 bits per heavy atom. The van der Waals surface area contributed by atoms with Gasteiger partial charge in [-0.25, -0.2) is 4.79 Å². The van der Waals surface area contributed by atoms with Crippen molar-refractivity contribution in [1.29, 1.82) is 0 Å². The van der Waals surface area contributed by atoms with Crippen molar-refractivity contribution in [3.8, 4) is 0 Å². The molecule has 2 fully saturated rings. The first-order valence-electron chi connectivity index (χ1n) is 7.83. The second-order valence-electron chi connectivity index (χ2n) is 6.10. The van der Waals surface area contributed by atoms with Gasteiger partial charge in [0.1, 0.15) is 11.4 Å². The third-order valence-electron chi connectivity index (χ3n) is 4.55. The van der Waals surface area contributed by atoms with E-state index in [1.807, 2.05) is 37.3 Å². The lowest BCUT2D eigenvalue weighted by molar-refractivity contribution is -0.187. The van der Waals surface area contributed by atoms with E-state index < -0.39 is 17.4 Å². The van der Waals surface area contributed by atoms with Gasteiger partial charge in [0.2, 0.25) is 5.79 Å². The van der Waals surface area contributed by atoms with E-state index in [1.165, 1.54) is 19.6 Å². The number of rotatable bonds is 2. The van der Waals surface area contributed by atoms with E-state index in [4.69, 9.17) is 14.2 Å². The number of esters is 1. The summed E-state index contributed by atoms with van der Waals surface area (Å²) in [7, 11) is 1.37. The number of methoxy groups -OCH3 is 1. The van der Waals surface area contributed by atoms with Crippen LogP contribution in [0.4, 0.5) is 0 Å². The van der Waals surface area contributed by atoms with Crippen LogP contribution in [0.25, 0.3) is 0 Å². The fourth-order valence-corrected chi connectivity index (χ4v) is 3.40. The highest BCUT2D eigenvalue weighted by Gasteiger charge is 2.53. The maximum atomic E-state index is 11.7. The molecule has 0 aromatic heterocycles. The molecule has 118 valence electrons. The summed E-state index contributed by atoms with van der Waals surface area (Å²) in [5.41, 5.74) is 0.449. The SMILES string of the molecule is COC(=O)/C=C1/OC(C)(c2ccccc2)OC12CCCCC2. The van der Waals surface area contributed by atoms with Gasteiger partial charge in [0.25, 0.3) is 0 Å². The average Bonchev–Trinajstić information content (AvgIpc) is 2.81. The van der Waals surface area contributed by atoms with Crippen LogP contribution < -0.4 is 0 Å². The summed E-state index contributed by atoms with van der Waals surface area (Å²) in [4.78, 5) is 11.7. The zero-order valence-electron chi connectivity index (χ0n) is 13.1. The molecule has 1 spiro atoms. The first-order valence-corrected chi connectivity index (χ1v) is 7.83. The van der Waals surface area contributed by atoms with Gasteiger partial charge >= 0.3 is 5.97 Å². The molecule has 0 bridgehead atoms. The van der Waals surface area contributed by atoms with Gasteiger partial charge in [-0.3, -0.25) is 0 Å². The van der Waals surface area contributed by atoms with E-state index in [2.05, 4.69) is 0 Å². The predicted molar refractivity (Wildman–Crippen MR) is 81.9 cm³/mol. The minimum atomic E-state index is -0.863. The standard InChI is InChI=1S/C18H22O4/c1-17(14-9-5-3-6-10-14)21-15(13-16(19)20-2)18(22-17)11-7-4-8-12-18/h3,5-6,9-10,13H,4,7-8,11-12H2,1-2H3/b15-13+. The van der Waals surface area contributed by atoms with Crippen molar-refractivity contribution in [1.82, 2.24) is 0 Å². The van der Waals surface area contributed by atoms with Gasteiger partial charge in [0.05, 0.1) is 13.2 Å². The van der Waals surface area contributed by atoms with Crippen LogP contribution in [0.5, 0.6) is 0 Å². The molecule has 0 N–H and O–H groups in total. The van der Waals surface area contributed by atoms with Crippen molar-refractivity contribution < 1.29 is 19.0 Å². The van der Waals surface area contributed by atoms with Crippen molar-refractivity contribution in [2.24, 2.45) is 0 Å². The van der Waals surface area contributed by atoms with Crippen LogP contribution in [0.3, 0.4) is 0 Å². The van der Waals surface area contributed by atoms with Gasteiger partial charge in [0.15, 0.2) is 0 Å². The van der Waals surface area contributed by atoms with Gasteiger partial charge in [-0.2, -0.15) is 0 Å². The fraction of sp³-hybridized carbons (Fsp3) is 0.500. The molecule has 1 aliphatic heterocycles. The van der Waals surface area contributed by atoms with Gasteiger partial charge in [0, 0.05) is 12.5 Å². The van der Waals surface area contributed by atoms with E-state index in [9.17, 15) is 4.79 Å². The highest BCUT2D eigenvalue weighted by Crippen LogP contribution is 2.51. The summed E-state index contributed by atoms with van der Waals surface area (Å²) in [6, 6.07) is 9.85. The molecule has 1 saturated heterocycles. The molecule has 1 unspecified atom stereocenters. The van der Waals surface area contributed by atoms with E-state index in [1.54, 1.807) is 0 Å². The van der Waals surface area contributed by atoms with E-state index in [0.717, 1.165) is 31.2 Å². The lowest BCUT2D eigenvalue weighted by Crippen LogP contribution is -2.35. The lowest BCUT2D eigenvalue weighted by atomic mass is 9.83. The third kappa shape index (κ3) is 2.63. The Balaban J connectivity index is 1.98. The summed E-state index contributed by atoms with van der Waals surface area (Å²) in [5, 5.41) is 0. The van der Waals surface area contributed by atoms with Crippen molar-refractivity contribution in [2.75, 3.05) is 7.11 Å². The highest BCUT2D eigenvalue weighted by atomic mass is 16.8. The predicted octanol–water partition coefficient (Wildman–Crippen LogP) is 3.67. The molecular formula is C18H22O4. The molecular weight excluding hydrogens is 280 g/mol. The molecule has 1 saturated carbocycles. The summed E-state index contributed by atoms with van der Waals surface area (Å²) >= 11 is 0. The number of carbonyl (C=O) groups is 1. The number of hydrogen-bond donors (Lipinski definition) is 0. The summed E-state index contributed by atoms with van der Waals surface area (Å²) in [6.07, 6.45) is 6.54. The molecule has 22 heavy (non-hydrogen) atoms. The monoisotopic (exact) mass is 302 g/mol. The molecule has 4 heteroatoms. The van der Waals surface area contributed by atoms with E-state index in [-0.39, 0.29) is 0 Å².